The number of carbonyl (C=O) groups excluding carboxylic acids is 4. The molecule has 0 N–H and O–H groups in total. The zero-order valence-electron chi connectivity index (χ0n) is 36.8. The SMILES string of the molecule is O=C1c2ccc3c4ccc5c6c(ccc(c7ccc(c2c37)C(=O)N1c1ccc(Oc2cccc(Oc3ccccc3)c2)cc1)c64)C(=O)N(c1ccc(Oc2cccc(Oc3ccccc3)c2)cc1)C5=O. The summed E-state index contributed by atoms with van der Waals surface area (Å²) in [5, 5.41) is 5.87. The van der Waals surface area contributed by atoms with Gasteiger partial charge in [0.15, 0.2) is 0 Å². The number of fused-ring (bicyclic) bond motifs is 2. The summed E-state index contributed by atoms with van der Waals surface area (Å²) in [6.45, 7) is 0. The second kappa shape index (κ2) is 15.9. The number of hydrogen-bond donors (Lipinski definition) is 0. The van der Waals surface area contributed by atoms with Crippen LogP contribution in [0.5, 0.6) is 46.0 Å². The topological polar surface area (TPSA) is 112 Å². The van der Waals surface area contributed by atoms with Gasteiger partial charge in [0.1, 0.15) is 46.0 Å². The molecule has 13 rings (SSSR count). The molecule has 0 saturated heterocycles. The monoisotopic (exact) mass is 910 g/mol. The maximum atomic E-state index is 14.4. The average molecular weight is 911 g/mol. The molecule has 70 heavy (non-hydrogen) atoms. The molecule has 0 bridgehead atoms. The van der Waals surface area contributed by atoms with Crippen molar-refractivity contribution in [1.29, 1.82) is 0 Å². The Balaban J connectivity index is 0.788. The molecule has 0 unspecified atom stereocenters. The number of amides is 4. The van der Waals surface area contributed by atoms with Gasteiger partial charge in [0, 0.05) is 45.2 Å². The molecule has 11 aromatic rings. The molecular weight excluding hydrogens is 877 g/mol. The highest BCUT2D eigenvalue weighted by molar-refractivity contribution is 6.45. The molecule has 0 saturated carbocycles. The van der Waals surface area contributed by atoms with Crippen molar-refractivity contribution >= 4 is 78.1 Å². The Morgan fingerprint density at radius 1 is 0.243 bits per heavy atom. The van der Waals surface area contributed by atoms with Crippen LogP contribution in [0.2, 0.25) is 0 Å². The number of nitrogens with zero attached hydrogens (tertiary/aromatic N) is 2. The third-order valence-corrected chi connectivity index (χ3v) is 12.9. The lowest BCUT2D eigenvalue weighted by molar-refractivity contribution is 0.0877. The normalized spacial score (nSPS) is 13.2. The number of rotatable bonds is 10. The van der Waals surface area contributed by atoms with E-state index in [0.29, 0.717) is 90.4 Å². The summed E-state index contributed by atoms with van der Waals surface area (Å²) in [6, 6.07) is 61.8. The summed E-state index contributed by atoms with van der Waals surface area (Å²) in [5.41, 5.74) is 2.36. The van der Waals surface area contributed by atoms with Crippen LogP contribution in [-0.2, 0) is 0 Å². The Morgan fingerprint density at radius 2 is 0.514 bits per heavy atom. The van der Waals surface area contributed by atoms with Gasteiger partial charge in [-0.25, -0.2) is 9.80 Å². The molecule has 4 amide bonds. The van der Waals surface area contributed by atoms with Crippen LogP contribution in [-0.4, -0.2) is 23.6 Å². The smallest absolute Gasteiger partial charge is 0.265 e. The summed E-state index contributed by atoms with van der Waals surface area (Å²) in [4.78, 5) is 60.1. The molecule has 0 aromatic heterocycles. The van der Waals surface area contributed by atoms with E-state index in [1.165, 1.54) is 9.80 Å². The third-order valence-electron chi connectivity index (χ3n) is 12.9. The van der Waals surface area contributed by atoms with Crippen molar-refractivity contribution in [3.05, 3.63) is 229 Å². The van der Waals surface area contributed by atoms with Crippen LogP contribution < -0.4 is 28.7 Å². The van der Waals surface area contributed by atoms with Gasteiger partial charge < -0.3 is 18.9 Å². The minimum atomic E-state index is -0.449. The summed E-state index contributed by atoms with van der Waals surface area (Å²) in [5.74, 6) is 2.99. The Morgan fingerprint density at radius 3 is 0.814 bits per heavy atom. The van der Waals surface area contributed by atoms with Gasteiger partial charge in [-0.1, -0.05) is 72.8 Å². The molecule has 2 aliphatic heterocycles. The van der Waals surface area contributed by atoms with Gasteiger partial charge >= 0.3 is 0 Å². The molecule has 0 atom stereocenters. The average Bonchev–Trinajstić information content (AvgIpc) is 3.39. The van der Waals surface area contributed by atoms with E-state index in [-0.39, 0.29) is 0 Å². The first-order chi connectivity index (χ1) is 34.3. The van der Waals surface area contributed by atoms with E-state index in [9.17, 15) is 19.2 Å². The molecule has 10 heteroatoms. The Hall–Kier alpha value is -9.80. The lowest BCUT2D eigenvalue weighted by atomic mass is 9.82. The molecule has 2 heterocycles. The van der Waals surface area contributed by atoms with Gasteiger partial charge in [0.25, 0.3) is 23.6 Å². The predicted molar refractivity (Wildman–Crippen MR) is 269 cm³/mol. The Bertz CT molecular complexity index is 3590. The molecule has 10 nitrogen and oxygen atoms in total. The van der Waals surface area contributed by atoms with Crippen molar-refractivity contribution in [1.82, 2.24) is 0 Å². The van der Waals surface area contributed by atoms with Crippen molar-refractivity contribution in [2.45, 2.75) is 0 Å². The minimum absolute atomic E-state index is 0.391. The van der Waals surface area contributed by atoms with E-state index >= 15 is 0 Å². The van der Waals surface area contributed by atoms with Gasteiger partial charge in [0.05, 0.1) is 11.4 Å². The molecule has 332 valence electrons. The fourth-order valence-corrected chi connectivity index (χ4v) is 9.79. The van der Waals surface area contributed by atoms with Gasteiger partial charge in [-0.05, 0) is 154 Å². The lowest BCUT2D eigenvalue weighted by Gasteiger charge is -2.30. The van der Waals surface area contributed by atoms with Gasteiger partial charge in [-0.2, -0.15) is 0 Å². The van der Waals surface area contributed by atoms with Crippen LogP contribution in [0.25, 0.3) is 43.1 Å². The molecule has 0 spiro atoms. The minimum Gasteiger partial charge on any atom is -0.457 e. The second-order valence-corrected chi connectivity index (χ2v) is 17.0. The van der Waals surface area contributed by atoms with Crippen LogP contribution in [0, 0.1) is 0 Å². The first kappa shape index (κ1) is 40.5. The van der Waals surface area contributed by atoms with Crippen molar-refractivity contribution < 1.29 is 38.1 Å². The highest BCUT2D eigenvalue weighted by atomic mass is 16.5. The number of para-hydroxylation sites is 2. The fraction of sp³-hybridized carbons (Fsp3) is 0. The van der Waals surface area contributed by atoms with E-state index in [2.05, 4.69) is 0 Å². The van der Waals surface area contributed by atoms with Gasteiger partial charge in [-0.3, -0.25) is 19.2 Å². The number of imide groups is 2. The number of carbonyl (C=O) groups is 4. The van der Waals surface area contributed by atoms with Crippen molar-refractivity contribution in [2.75, 3.05) is 9.80 Å². The van der Waals surface area contributed by atoms with E-state index in [1.54, 1.807) is 84.9 Å². The number of hydrogen-bond acceptors (Lipinski definition) is 8. The summed E-state index contributed by atoms with van der Waals surface area (Å²) < 4.78 is 24.2. The summed E-state index contributed by atoms with van der Waals surface area (Å²) in [7, 11) is 0. The second-order valence-electron chi connectivity index (χ2n) is 17.0. The zero-order valence-corrected chi connectivity index (χ0v) is 36.8. The first-order valence-electron chi connectivity index (χ1n) is 22.5. The number of benzene rings is 11. The number of anilines is 2. The van der Waals surface area contributed by atoms with Crippen LogP contribution >= 0.6 is 0 Å². The fourth-order valence-electron chi connectivity index (χ4n) is 9.79. The van der Waals surface area contributed by atoms with E-state index in [0.717, 1.165) is 32.3 Å². The van der Waals surface area contributed by atoms with E-state index in [4.69, 9.17) is 18.9 Å². The number of ether oxygens (including phenoxy) is 4. The quantitative estimate of drug-likeness (QED) is 0.0758. The largest absolute Gasteiger partial charge is 0.457 e. The van der Waals surface area contributed by atoms with Crippen molar-refractivity contribution in [3.8, 4) is 46.0 Å². The predicted octanol–water partition coefficient (Wildman–Crippen LogP) is 14.5. The lowest BCUT2D eigenvalue weighted by Crippen LogP contribution is -2.40. The van der Waals surface area contributed by atoms with E-state index < -0.39 is 23.6 Å². The van der Waals surface area contributed by atoms with Gasteiger partial charge in [-0.15, -0.1) is 0 Å². The van der Waals surface area contributed by atoms with Gasteiger partial charge in [0.2, 0.25) is 0 Å². The molecule has 0 fully saturated rings. The van der Waals surface area contributed by atoms with Crippen molar-refractivity contribution in [2.24, 2.45) is 0 Å². The molecule has 0 radical (unpaired) electrons. The standard InChI is InChI=1S/C60H34N2O8/c63-57-49-29-25-45-47-27-31-51-56-52(60(66)62(59(51)65)36-19-23-40(24-20-36)70-44-16-8-14-42(34-44)68-38-11-5-2-6-12-38)32-28-48(54(47)56)46-26-30-50(55(49)53(45)46)58(64)61(57)35-17-21-39(22-18-35)69-43-15-7-13-41(33-43)67-37-9-3-1-4-10-37/h1-34H. The maximum absolute atomic E-state index is 14.4. The third kappa shape index (κ3) is 6.57. The molecule has 0 aliphatic carbocycles. The van der Waals surface area contributed by atoms with Crippen molar-refractivity contribution in [3.63, 3.8) is 0 Å². The zero-order chi connectivity index (χ0) is 47.0. The Kier molecular flexibility index (Phi) is 9.21. The van der Waals surface area contributed by atoms with Crippen LogP contribution in [0.1, 0.15) is 41.4 Å². The highest BCUT2D eigenvalue weighted by Gasteiger charge is 2.38. The first-order valence-corrected chi connectivity index (χ1v) is 22.5. The summed E-state index contributed by atoms with van der Waals surface area (Å²) in [6.07, 6.45) is 0. The Labute approximate surface area is 399 Å². The molecular formula is C60H34N2O8. The van der Waals surface area contributed by atoms with Crippen LogP contribution in [0.4, 0.5) is 11.4 Å². The molecule has 2 aliphatic rings. The van der Waals surface area contributed by atoms with Crippen LogP contribution in [0.15, 0.2) is 206 Å². The molecule has 11 aromatic carbocycles. The maximum Gasteiger partial charge on any atom is 0.265 e. The highest BCUT2D eigenvalue weighted by Crippen LogP contribution is 2.47. The van der Waals surface area contributed by atoms with Crippen LogP contribution in [0.3, 0.4) is 0 Å². The summed E-state index contributed by atoms with van der Waals surface area (Å²) >= 11 is 0. The van der Waals surface area contributed by atoms with E-state index in [1.807, 2.05) is 121 Å².